The Bertz CT molecular complexity index is 263. The molecule has 3 heterocycles. The maximum Gasteiger partial charge on any atom is 3.00 e. The Morgan fingerprint density at radius 1 is 0.393 bits per heavy atom. The van der Waals surface area contributed by atoms with Gasteiger partial charge in [0.15, 0.2) is 0 Å². The van der Waals surface area contributed by atoms with Gasteiger partial charge in [-0.25, -0.2) is 0 Å². The normalized spacial score (nSPS) is 29.4. The molecule has 2 bridgehead atoms. The summed E-state index contributed by atoms with van der Waals surface area (Å²) >= 11 is 0. The summed E-state index contributed by atoms with van der Waals surface area (Å²) in [7, 11) is 0. The van der Waals surface area contributed by atoms with E-state index >= 15 is 0 Å². The number of hydrogen-bond donors (Lipinski definition) is 8. The van der Waals surface area contributed by atoms with Crippen molar-refractivity contribution in [3.63, 3.8) is 0 Å². The van der Waals surface area contributed by atoms with Crippen LogP contribution in [-0.2, 0) is 16.8 Å². The first-order valence-electron chi connectivity index (χ1n) is 8.57. The van der Waals surface area contributed by atoms with Crippen LogP contribution in [0.15, 0.2) is 0 Å². The Hall–Kier alpha value is 1.64. The SMILES string of the molecule is [Cl-].[Cl-].[Cl-].[Cl-].[Cl-].[Co+3].[NH3+]C12CNCCNCC([NH3+])(CNCCNC1)CNCCNC2. The molecule has 0 radical (unpaired) electrons. The van der Waals surface area contributed by atoms with Gasteiger partial charge in [0.1, 0.15) is 11.1 Å². The Morgan fingerprint density at radius 2 is 0.536 bits per heavy atom. The average Bonchev–Trinajstić information content (AvgIpc) is 2.49. The Labute approximate surface area is 211 Å². The van der Waals surface area contributed by atoms with E-state index in [1.54, 1.807) is 0 Å². The molecule has 3 fully saturated rings. The second kappa shape index (κ2) is 21.9. The van der Waals surface area contributed by atoms with Crippen molar-refractivity contribution >= 4 is 0 Å². The molecule has 12 N–H and O–H groups in total. The van der Waals surface area contributed by atoms with Gasteiger partial charge in [0.25, 0.3) is 0 Å². The van der Waals surface area contributed by atoms with E-state index in [0.29, 0.717) is 0 Å². The van der Waals surface area contributed by atoms with Crippen LogP contribution in [-0.4, -0.2) is 89.6 Å². The summed E-state index contributed by atoms with van der Waals surface area (Å²) in [5, 5.41) is 21.3. The number of nitrogens with one attached hydrogen (secondary N) is 6. The van der Waals surface area contributed by atoms with Gasteiger partial charge in [-0.2, -0.15) is 0 Å². The molecule has 0 aromatic rings. The monoisotopic (exact) mass is 550 g/mol. The third-order valence-electron chi connectivity index (χ3n) is 4.44. The zero-order valence-electron chi connectivity index (χ0n) is 16.1. The number of fused-ring (bicyclic) bond motifs is 15. The predicted octanol–water partition coefficient (Wildman–Crippen LogP) is -20.5. The van der Waals surface area contributed by atoms with Crippen LogP contribution in [0.4, 0.5) is 0 Å². The number of rotatable bonds is 0. The molecule has 8 nitrogen and oxygen atoms in total. The largest absolute Gasteiger partial charge is 3.00 e. The molecule has 3 rings (SSSR count). The molecule has 0 spiro atoms. The van der Waals surface area contributed by atoms with Gasteiger partial charge in [-0.1, -0.05) is 0 Å². The third kappa shape index (κ3) is 16.3. The van der Waals surface area contributed by atoms with Crippen LogP contribution in [0, 0.1) is 0 Å². The summed E-state index contributed by atoms with van der Waals surface area (Å²) in [5.41, 5.74) is 8.90. The average molecular weight is 553 g/mol. The van der Waals surface area contributed by atoms with E-state index in [4.69, 9.17) is 0 Å². The molecule has 0 aromatic heterocycles. The van der Waals surface area contributed by atoms with Gasteiger partial charge < -0.3 is 105 Å². The molecular weight excluding hydrogens is 516 g/mol. The minimum Gasteiger partial charge on any atom is -1.00 e. The van der Waals surface area contributed by atoms with E-state index < -0.39 is 0 Å². The molecule has 0 amide bonds. The first kappa shape index (κ1) is 40.0. The van der Waals surface area contributed by atoms with E-state index in [2.05, 4.69) is 43.4 Å². The summed E-state index contributed by atoms with van der Waals surface area (Å²) in [5.74, 6) is 0. The fraction of sp³-hybridized carbons (Fsp3) is 1.00. The molecule has 3 aliphatic heterocycles. The molecule has 0 aromatic carbocycles. The Balaban J connectivity index is -0.000000294. The molecule has 0 unspecified atom stereocenters. The summed E-state index contributed by atoms with van der Waals surface area (Å²) in [4.78, 5) is 0. The van der Waals surface area contributed by atoms with E-state index in [9.17, 15) is 0 Å². The second-order valence-corrected chi connectivity index (χ2v) is 7.06. The van der Waals surface area contributed by atoms with Gasteiger partial charge in [0.05, 0.1) is 39.3 Å². The van der Waals surface area contributed by atoms with E-state index in [1.165, 1.54) is 0 Å². The standard InChI is InChI=1S/C14H34N8.5ClH.Co/c15-13-7-17-1-2-18-8-14(16,11-21-5-3-19-9-13)12-22-6-4-20-10-13;;;;;;/h17-22H,1-12,15-16H2;5*1H;/q;;;;;;+3/p-3. The van der Waals surface area contributed by atoms with Crippen molar-refractivity contribution in [2.75, 3.05) is 78.5 Å². The summed E-state index contributed by atoms with van der Waals surface area (Å²) in [6.07, 6.45) is 0. The first-order chi connectivity index (χ1) is 10.6. The summed E-state index contributed by atoms with van der Waals surface area (Å²) in [6.45, 7) is 11.3. The van der Waals surface area contributed by atoms with Gasteiger partial charge in [-0.15, -0.1) is 0 Å². The molecular formula is C14H36Cl5CoN8. The quantitative estimate of drug-likeness (QED) is 0.151. The number of quaternary nitrogens is 2. The van der Waals surface area contributed by atoms with Crippen LogP contribution in [0.3, 0.4) is 0 Å². The van der Waals surface area contributed by atoms with Gasteiger partial charge in [-0.3, -0.25) is 0 Å². The van der Waals surface area contributed by atoms with Gasteiger partial charge in [0, 0.05) is 39.3 Å². The van der Waals surface area contributed by atoms with Crippen molar-refractivity contribution in [2.24, 2.45) is 0 Å². The molecule has 14 heteroatoms. The Kier molecular flexibility index (Phi) is 31.3. The number of halogens is 5. The van der Waals surface area contributed by atoms with Gasteiger partial charge in [-0.05, 0) is 0 Å². The maximum atomic E-state index is 4.46. The molecule has 176 valence electrons. The van der Waals surface area contributed by atoms with Crippen molar-refractivity contribution in [2.45, 2.75) is 11.1 Å². The summed E-state index contributed by atoms with van der Waals surface area (Å²) in [6, 6.07) is 0. The minimum atomic E-state index is -0.00962. The van der Waals surface area contributed by atoms with Crippen molar-refractivity contribution in [3.05, 3.63) is 0 Å². The molecule has 0 atom stereocenters. The van der Waals surface area contributed by atoms with Crippen LogP contribution in [0.1, 0.15) is 0 Å². The fourth-order valence-corrected chi connectivity index (χ4v) is 3.03. The zero-order chi connectivity index (χ0) is 15.7. The van der Waals surface area contributed by atoms with Crippen LogP contribution < -0.4 is 105 Å². The maximum absolute atomic E-state index is 4.46. The number of hydrogen-bond acceptors (Lipinski definition) is 6. The van der Waals surface area contributed by atoms with Crippen LogP contribution in [0.5, 0.6) is 0 Å². The fourth-order valence-electron chi connectivity index (χ4n) is 3.03. The van der Waals surface area contributed by atoms with E-state index in [-0.39, 0.29) is 89.9 Å². The van der Waals surface area contributed by atoms with E-state index in [1.807, 2.05) is 0 Å². The topological polar surface area (TPSA) is 127 Å². The molecule has 0 saturated carbocycles. The summed E-state index contributed by atoms with van der Waals surface area (Å²) < 4.78 is 0. The van der Waals surface area contributed by atoms with Crippen molar-refractivity contribution < 1.29 is 90.3 Å². The van der Waals surface area contributed by atoms with Crippen molar-refractivity contribution in [1.29, 1.82) is 0 Å². The first-order valence-corrected chi connectivity index (χ1v) is 8.57. The molecule has 0 aliphatic carbocycles. The van der Waals surface area contributed by atoms with Crippen LogP contribution in [0.25, 0.3) is 0 Å². The zero-order valence-corrected chi connectivity index (χ0v) is 20.9. The predicted molar refractivity (Wildman–Crippen MR) is 88.5 cm³/mol. The van der Waals surface area contributed by atoms with Gasteiger partial charge in [0.2, 0.25) is 0 Å². The Morgan fingerprint density at radius 3 is 0.679 bits per heavy atom. The molecule has 3 aliphatic rings. The van der Waals surface area contributed by atoms with E-state index in [0.717, 1.165) is 78.5 Å². The third-order valence-corrected chi connectivity index (χ3v) is 4.44. The van der Waals surface area contributed by atoms with Crippen molar-refractivity contribution in [3.8, 4) is 0 Å². The van der Waals surface area contributed by atoms with Crippen molar-refractivity contribution in [1.82, 2.24) is 31.9 Å². The molecule has 28 heavy (non-hydrogen) atoms. The van der Waals surface area contributed by atoms with Crippen LogP contribution in [0.2, 0.25) is 0 Å². The second-order valence-electron chi connectivity index (χ2n) is 7.06. The minimum absolute atomic E-state index is 0. The molecule has 3 saturated heterocycles. The van der Waals surface area contributed by atoms with Crippen LogP contribution >= 0.6 is 0 Å². The van der Waals surface area contributed by atoms with Gasteiger partial charge >= 0.3 is 16.8 Å². The smallest absolute Gasteiger partial charge is 1.00 e.